The van der Waals surface area contributed by atoms with Gasteiger partial charge in [0.2, 0.25) is 0 Å². The van der Waals surface area contributed by atoms with Gasteiger partial charge in [0.15, 0.2) is 0 Å². The van der Waals surface area contributed by atoms with Crippen LogP contribution in [0.1, 0.15) is 44.6 Å². The van der Waals surface area contributed by atoms with Crippen LogP contribution in [0.3, 0.4) is 0 Å². The van der Waals surface area contributed by atoms with E-state index in [4.69, 9.17) is 0 Å². The van der Waals surface area contributed by atoms with E-state index in [1.165, 1.54) is 44.2 Å². The second-order valence-corrected chi connectivity index (χ2v) is 6.40. The van der Waals surface area contributed by atoms with Gasteiger partial charge in [-0.25, -0.2) is 0 Å². The van der Waals surface area contributed by atoms with Crippen molar-refractivity contribution < 1.29 is 0 Å². The Bertz CT molecular complexity index is 363. The smallest absolute Gasteiger partial charge is 0.0230 e. The predicted octanol–water partition coefficient (Wildman–Crippen LogP) is 3.68. The highest BCUT2D eigenvalue weighted by atomic mass is 15.1. The quantitative estimate of drug-likeness (QED) is 0.763. The molecule has 112 valence electrons. The van der Waals surface area contributed by atoms with Gasteiger partial charge in [-0.05, 0) is 50.9 Å². The Balaban J connectivity index is 1.58. The minimum Gasteiger partial charge on any atom is -0.314 e. The van der Waals surface area contributed by atoms with E-state index in [1.807, 2.05) is 0 Å². The minimum absolute atomic E-state index is 0.767. The molecule has 20 heavy (non-hydrogen) atoms. The largest absolute Gasteiger partial charge is 0.314 e. The van der Waals surface area contributed by atoms with Gasteiger partial charge in [-0.3, -0.25) is 0 Å². The molecule has 0 amide bonds. The van der Waals surface area contributed by atoms with Gasteiger partial charge >= 0.3 is 0 Å². The van der Waals surface area contributed by atoms with Crippen LogP contribution in [0.5, 0.6) is 0 Å². The molecule has 0 saturated heterocycles. The van der Waals surface area contributed by atoms with E-state index in [0.29, 0.717) is 0 Å². The SMILES string of the molecule is CC1CCCCC1NCCCN(C)Cc1ccccc1. The van der Waals surface area contributed by atoms with E-state index in [2.05, 4.69) is 54.5 Å². The van der Waals surface area contributed by atoms with Crippen LogP contribution in [-0.4, -0.2) is 31.1 Å². The lowest BCUT2D eigenvalue weighted by Gasteiger charge is -2.30. The number of benzene rings is 1. The van der Waals surface area contributed by atoms with E-state index in [1.54, 1.807) is 0 Å². The van der Waals surface area contributed by atoms with Crippen molar-refractivity contribution in [2.75, 3.05) is 20.1 Å². The monoisotopic (exact) mass is 274 g/mol. The molecule has 0 bridgehead atoms. The molecular formula is C18H30N2. The summed E-state index contributed by atoms with van der Waals surface area (Å²) in [5.41, 5.74) is 1.41. The van der Waals surface area contributed by atoms with Crippen LogP contribution in [0.15, 0.2) is 30.3 Å². The maximum atomic E-state index is 3.76. The van der Waals surface area contributed by atoms with Gasteiger partial charge in [-0.1, -0.05) is 50.1 Å². The molecule has 1 aromatic carbocycles. The maximum Gasteiger partial charge on any atom is 0.0230 e. The van der Waals surface area contributed by atoms with Crippen LogP contribution in [-0.2, 0) is 6.54 Å². The zero-order valence-corrected chi connectivity index (χ0v) is 13.1. The van der Waals surface area contributed by atoms with Crippen LogP contribution in [0, 0.1) is 5.92 Å². The summed E-state index contributed by atoms with van der Waals surface area (Å²) < 4.78 is 0. The number of hydrogen-bond donors (Lipinski definition) is 1. The molecule has 0 aromatic heterocycles. The van der Waals surface area contributed by atoms with Crippen molar-refractivity contribution in [1.82, 2.24) is 10.2 Å². The molecule has 1 aromatic rings. The number of rotatable bonds is 7. The van der Waals surface area contributed by atoms with Crippen LogP contribution < -0.4 is 5.32 Å². The van der Waals surface area contributed by atoms with Gasteiger partial charge in [0.1, 0.15) is 0 Å². The Hall–Kier alpha value is -0.860. The molecule has 1 aliphatic rings. The molecule has 1 saturated carbocycles. The summed E-state index contributed by atoms with van der Waals surface area (Å²) >= 11 is 0. The Morgan fingerprint density at radius 2 is 1.90 bits per heavy atom. The molecule has 0 heterocycles. The van der Waals surface area contributed by atoms with Gasteiger partial charge in [0.05, 0.1) is 0 Å². The highest BCUT2D eigenvalue weighted by Gasteiger charge is 2.19. The van der Waals surface area contributed by atoms with Crippen molar-refractivity contribution in [2.24, 2.45) is 5.92 Å². The summed E-state index contributed by atoms with van der Waals surface area (Å²) in [5.74, 6) is 0.866. The average molecular weight is 274 g/mol. The summed E-state index contributed by atoms with van der Waals surface area (Å²) in [7, 11) is 2.22. The third-order valence-electron chi connectivity index (χ3n) is 4.53. The van der Waals surface area contributed by atoms with Gasteiger partial charge in [-0.2, -0.15) is 0 Å². The van der Waals surface area contributed by atoms with Gasteiger partial charge in [0, 0.05) is 12.6 Å². The fraction of sp³-hybridized carbons (Fsp3) is 0.667. The highest BCUT2D eigenvalue weighted by Crippen LogP contribution is 2.23. The standard InChI is InChI=1S/C18H30N2/c1-16-9-6-7-12-18(16)19-13-8-14-20(2)15-17-10-4-3-5-11-17/h3-5,10-11,16,18-19H,6-9,12-15H2,1-2H3. The Labute approximate surface area is 124 Å². The Morgan fingerprint density at radius 3 is 2.65 bits per heavy atom. The van der Waals surface area contributed by atoms with Crippen LogP contribution in [0.4, 0.5) is 0 Å². The van der Waals surface area contributed by atoms with Crippen molar-refractivity contribution in [3.63, 3.8) is 0 Å². The lowest BCUT2D eigenvalue weighted by atomic mass is 9.86. The maximum absolute atomic E-state index is 3.76. The fourth-order valence-electron chi connectivity index (χ4n) is 3.23. The van der Waals surface area contributed by atoms with E-state index in [-0.39, 0.29) is 0 Å². The number of hydrogen-bond acceptors (Lipinski definition) is 2. The van der Waals surface area contributed by atoms with Crippen molar-refractivity contribution in [1.29, 1.82) is 0 Å². The molecule has 2 unspecified atom stereocenters. The fourth-order valence-corrected chi connectivity index (χ4v) is 3.23. The normalized spacial score (nSPS) is 23.1. The third kappa shape index (κ3) is 5.26. The first-order chi connectivity index (χ1) is 9.75. The molecule has 2 rings (SSSR count). The molecule has 2 atom stereocenters. The lowest BCUT2D eigenvalue weighted by Crippen LogP contribution is -2.38. The van der Waals surface area contributed by atoms with Crippen molar-refractivity contribution >= 4 is 0 Å². The van der Waals surface area contributed by atoms with E-state index < -0.39 is 0 Å². The first-order valence-corrected chi connectivity index (χ1v) is 8.21. The second kappa shape index (κ2) is 8.43. The molecule has 2 nitrogen and oxygen atoms in total. The average Bonchev–Trinajstić information content (AvgIpc) is 2.46. The number of nitrogens with zero attached hydrogens (tertiary/aromatic N) is 1. The summed E-state index contributed by atoms with van der Waals surface area (Å²) in [6.45, 7) is 5.79. The molecule has 1 N–H and O–H groups in total. The molecule has 1 aliphatic carbocycles. The van der Waals surface area contributed by atoms with Crippen molar-refractivity contribution in [3.05, 3.63) is 35.9 Å². The third-order valence-corrected chi connectivity index (χ3v) is 4.53. The Morgan fingerprint density at radius 1 is 1.15 bits per heavy atom. The molecule has 2 heteroatoms. The summed E-state index contributed by atoms with van der Waals surface area (Å²) in [4.78, 5) is 2.42. The van der Waals surface area contributed by atoms with Crippen LogP contribution in [0.25, 0.3) is 0 Å². The lowest BCUT2D eigenvalue weighted by molar-refractivity contribution is 0.268. The summed E-state index contributed by atoms with van der Waals surface area (Å²) in [6.07, 6.45) is 6.87. The van der Waals surface area contributed by atoms with Crippen molar-refractivity contribution in [3.8, 4) is 0 Å². The van der Waals surface area contributed by atoms with Crippen molar-refractivity contribution in [2.45, 2.75) is 51.6 Å². The van der Waals surface area contributed by atoms with Gasteiger partial charge < -0.3 is 10.2 Å². The molecular weight excluding hydrogens is 244 g/mol. The van der Waals surface area contributed by atoms with Gasteiger partial charge in [-0.15, -0.1) is 0 Å². The first-order valence-electron chi connectivity index (χ1n) is 8.21. The minimum atomic E-state index is 0.767. The zero-order valence-electron chi connectivity index (χ0n) is 13.1. The summed E-state index contributed by atoms with van der Waals surface area (Å²) in [5, 5.41) is 3.76. The van der Waals surface area contributed by atoms with E-state index >= 15 is 0 Å². The topological polar surface area (TPSA) is 15.3 Å². The molecule has 0 radical (unpaired) electrons. The molecule has 0 aliphatic heterocycles. The second-order valence-electron chi connectivity index (χ2n) is 6.40. The predicted molar refractivity (Wildman–Crippen MR) is 86.8 cm³/mol. The highest BCUT2D eigenvalue weighted by molar-refractivity contribution is 5.14. The first kappa shape index (κ1) is 15.5. The van der Waals surface area contributed by atoms with E-state index in [9.17, 15) is 0 Å². The van der Waals surface area contributed by atoms with Crippen LogP contribution >= 0.6 is 0 Å². The van der Waals surface area contributed by atoms with E-state index in [0.717, 1.165) is 25.0 Å². The molecule has 0 spiro atoms. The number of nitrogens with one attached hydrogen (secondary N) is 1. The summed E-state index contributed by atoms with van der Waals surface area (Å²) in [6, 6.07) is 11.5. The Kier molecular flexibility index (Phi) is 6.55. The van der Waals surface area contributed by atoms with Crippen LogP contribution in [0.2, 0.25) is 0 Å². The van der Waals surface area contributed by atoms with Gasteiger partial charge in [0.25, 0.3) is 0 Å². The zero-order chi connectivity index (χ0) is 14.2. The molecule has 1 fully saturated rings.